The summed E-state index contributed by atoms with van der Waals surface area (Å²) < 4.78 is 15.2. The van der Waals surface area contributed by atoms with E-state index in [-0.39, 0.29) is 23.8 Å². The van der Waals surface area contributed by atoms with Gasteiger partial charge in [0.2, 0.25) is 0 Å². The van der Waals surface area contributed by atoms with Crippen LogP contribution in [0.5, 0.6) is 0 Å². The molecule has 0 unspecified atom stereocenters. The zero-order chi connectivity index (χ0) is 20.1. The van der Waals surface area contributed by atoms with Crippen LogP contribution in [0.3, 0.4) is 0 Å². The first-order valence-electron chi connectivity index (χ1n) is 9.49. The molecule has 8 heteroatoms. The molecule has 1 aliphatic rings. The molecule has 1 fully saturated rings. The van der Waals surface area contributed by atoms with E-state index >= 15 is 0 Å². The lowest BCUT2D eigenvalue weighted by atomic mass is 10.1. The molecule has 1 aromatic carbocycles. The number of aromatic nitrogens is 1. The molecule has 2 aromatic rings. The minimum atomic E-state index is -0.402. The van der Waals surface area contributed by atoms with Crippen LogP contribution < -0.4 is 21.3 Å². The molecule has 4 N–H and O–H groups in total. The van der Waals surface area contributed by atoms with Gasteiger partial charge in [0.15, 0.2) is 0 Å². The number of carbonyl (C=O) groups is 2. The number of nitrogens with one attached hydrogen (secondary N) is 4. The first-order chi connectivity index (χ1) is 13.4. The number of benzene rings is 1. The number of piperidine rings is 1. The summed E-state index contributed by atoms with van der Waals surface area (Å²) in [5.41, 5.74) is 1.25. The van der Waals surface area contributed by atoms with E-state index in [1.54, 1.807) is 29.1 Å². The number of carbonyl (C=O) groups excluding carboxylic acids is 2. The summed E-state index contributed by atoms with van der Waals surface area (Å²) in [6, 6.07) is 5.63. The maximum Gasteiger partial charge on any atom is 0.319 e. The second kappa shape index (κ2) is 8.88. The lowest BCUT2D eigenvalue weighted by Gasteiger charge is -2.23. The highest BCUT2D eigenvalue weighted by molar-refractivity contribution is 6.03. The number of urea groups is 1. The molecular weight excluding hydrogens is 361 g/mol. The van der Waals surface area contributed by atoms with Gasteiger partial charge in [-0.2, -0.15) is 0 Å². The summed E-state index contributed by atoms with van der Waals surface area (Å²) in [7, 11) is 0. The van der Waals surface area contributed by atoms with E-state index in [9.17, 15) is 14.0 Å². The predicted octanol–water partition coefficient (Wildman–Crippen LogP) is 2.63. The molecule has 1 aliphatic heterocycles. The van der Waals surface area contributed by atoms with Gasteiger partial charge in [-0.25, -0.2) is 9.18 Å². The summed E-state index contributed by atoms with van der Waals surface area (Å²) in [6.07, 6.45) is 5.12. The van der Waals surface area contributed by atoms with Crippen molar-refractivity contribution in [1.29, 1.82) is 0 Å². The summed E-state index contributed by atoms with van der Waals surface area (Å²) in [5.74, 6) is -0.652. The Bertz CT molecular complexity index is 843. The molecule has 7 nitrogen and oxygen atoms in total. The van der Waals surface area contributed by atoms with Crippen LogP contribution in [0.4, 0.5) is 14.9 Å². The normalized spacial score (nSPS) is 16.6. The number of nitrogens with zero attached hydrogens (tertiary/aromatic N) is 1. The number of rotatable bonds is 5. The van der Waals surface area contributed by atoms with Gasteiger partial charge in [0, 0.05) is 36.7 Å². The largest absolute Gasteiger partial charge is 0.348 e. The average molecular weight is 387 g/mol. The van der Waals surface area contributed by atoms with E-state index < -0.39 is 6.03 Å². The van der Waals surface area contributed by atoms with Crippen molar-refractivity contribution in [3.63, 3.8) is 0 Å². The van der Waals surface area contributed by atoms with Gasteiger partial charge in [0.25, 0.3) is 5.91 Å². The van der Waals surface area contributed by atoms with Crippen LogP contribution in [0.1, 0.15) is 37.0 Å². The fourth-order valence-electron chi connectivity index (χ4n) is 3.18. The highest BCUT2D eigenvalue weighted by Crippen LogP contribution is 2.22. The third-order valence-electron chi connectivity index (χ3n) is 4.48. The number of hydrogen-bond donors (Lipinski definition) is 4. The predicted molar refractivity (Wildman–Crippen MR) is 106 cm³/mol. The van der Waals surface area contributed by atoms with Crippen LogP contribution in [0, 0.1) is 5.82 Å². The number of halogens is 1. The van der Waals surface area contributed by atoms with E-state index in [1.165, 1.54) is 12.1 Å². The minimum absolute atomic E-state index is 0.0381. The molecule has 3 amide bonds. The Morgan fingerprint density at radius 1 is 1.29 bits per heavy atom. The average Bonchev–Trinajstić information content (AvgIpc) is 3.05. The van der Waals surface area contributed by atoms with Crippen molar-refractivity contribution in [1.82, 2.24) is 20.5 Å². The van der Waals surface area contributed by atoms with Crippen molar-refractivity contribution in [2.45, 2.75) is 38.8 Å². The summed E-state index contributed by atoms with van der Waals surface area (Å²) in [6.45, 7) is 5.36. The van der Waals surface area contributed by atoms with Gasteiger partial charge in [-0.3, -0.25) is 4.79 Å². The molecule has 1 aromatic heterocycles. The van der Waals surface area contributed by atoms with E-state index in [0.29, 0.717) is 23.5 Å². The topological polar surface area (TPSA) is 87.2 Å². The second-order valence-electron chi connectivity index (χ2n) is 7.24. The van der Waals surface area contributed by atoms with E-state index in [1.807, 2.05) is 13.8 Å². The molecule has 1 atom stereocenters. The Labute approximate surface area is 163 Å². The number of anilines is 1. The van der Waals surface area contributed by atoms with Gasteiger partial charge in [0.05, 0.1) is 11.3 Å². The molecule has 3 rings (SSSR count). The second-order valence-corrected chi connectivity index (χ2v) is 7.24. The van der Waals surface area contributed by atoms with Crippen LogP contribution >= 0.6 is 0 Å². The molecule has 0 spiro atoms. The lowest BCUT2D eigenvalue weighted by Crippen LogP contribution is -2.45. The third kappa shape index (κ3) is 5.10. The molecule has 150 valence electrons. The Kier molecular flexibility index (Phi) is 6.30. The van der Waals surface area contributed by atoms with Crippen molar-refractivity contribution in [3.8, 4) is 5.69 Å². The van der Waals surface area contributed by atoms with Crippen molar-refractivity contribution in [2.24, 2.45) is 0 Å². The molecule has 0 radical (unpaired) electrons. The maximum absolute atomic E-state index is 13.6. The Morgan fingerprint density at radius 2 is 2.11 bits per heavy atom. The van der Waals surface area contributed by atoms with Crippen LogP contribution in [-0.2, 0) is 0 Å². The molecule has 0 bridgehead atoms. The summed E-state index contributed by atoms with van der Waals surface area (Å²) in [5, 5.41) is 11.7. The van der Waals surface area contributed by atoms with Crippen LogP contribution in [0.25, 0.3) is 5.69 Å². The van der Waals surface area contributed by atoms with Gasteiger partial charge in [-0.1, -0.05) is 6.07 Å². The molecule has 2 heterocycles. The standard InChI is InChI=1S/C20H26FN5O2/c1-13(2)23-20(28)25-18-12-26(16-7-3-5-14(21)9-16)11-17(18)19(27)24-15-6-4-8-22-10-15/h3,5,7,9,11-13,15,22H,4,6,8,10H2,1-2H3,(H,24,27)(H2,23,25,28)/t15-/m0/s1. The fraction of sp³-hybridized carbons (Fsp3) is 0.400. The number of hydrogen-bond acceptors (Lipinski definition) is 3. The van der Waals surface area contributed by atoms with E-state index in [2.05, 4.69) is 21.3 Å². The summed E-state index contributed by atoms with van der Waals surface area (Å²) in [4.78, 5) is 25.0. The smallest absolute Gasteiger partial charge is 0.319 e. The van der Waals surface area contributed by atoms with Crippen molar-refractivity contribution < 1.29 is 14.0 Å². The van der Waals surface area contributed by atoms with Crippen molar-refractivity contribution in [3.05, 3.63) is 48.0 Å². The monoisotopic (exact) mass is 387 g/mol. The zero-order valence-electron chi connectivity index (χ0n) is 16.1. The fourth-order valence-corrected chi connectivity index (χ4v) is 3.18. The summed E-state index contributed by atoms with van der Waals surface area (Å²) >= 11 is 0. The Morgan fingerprint density at radius 3 is 2.79 bits per heavy atom. The van der Waals surface area contributed by atoms with Gasteiger partial charge in [0.1, 0.15) is 5.82 Å². The van der Waals surface area contributed by atoms with Gasteiger partial charge in [-0.05, 0) is 51.4 Å². The lowest BCUT2D eigenvalue weighted by molar-refractivity contribution is 0.0931. The van der Waals surface area contributed by atoms with Gasteiger partial charge >= 0.3 is 6.03 Å². The van der Waals surface area contributed by atoms with Gasteiger partial charge < -0.3 is 25.8 Å². The maximum atomic E-state index is 13.6. The quantitative estimate of drug-likeness (QED) is 0.636. The Balaban J connectivity index is 1.86. The molecule has 1 saturated heterocycles. The van der Waals surface area contributed by atoms with Crippen molar-refractivity contribution in [2.75, 3.05) is 18.4 Å². The molecule has 0 aliphatic carbocycles. The van der Waals surface area contributed by atoms with Crippen LogP contribution in [-0.4, -0.2) is 41.7 Å². The minimum Gasteiger partial charge on any atom is -0.348 e. The zero-order valence-corrected chi connectivity index (χ0v) is 16.1. The third-order valence-corrected chi connectivity index (χ3v) is 4.48. The molecule has 28 heavy (non-hydrogen) atoms. The highest BCUT2D eigenvalue weighted by atomic mass is 19.1. The van der Waals surface area contributed by atoms with Crippen LogP contribution in [0.2, 0.25) is 0 Å². The number of amides is 3. The Hall–Kier alpha value is -2.87. The van der Waals surface area contributed by atoms with E-state index in [0.717, 1.165) is 19.4 Å². The van der Waals surface area contributed by atoms with E-state index in [4.69, 9.17) is 0 Å². The van der Waals surface area contributed by atoms with Gasteiger partial charge in [-0.15, -0.1) is 0 Å². The van der Waals surface area contributed by atoms with Crippen molar-refractivity contribution >= 4 is 17.6 Å². The molecule has 0 saturated carbocycles. The van der Waals surface area contributed by atoms with Crippen LogP contribution in [0.15, 0.2) is 36.7 Å². The SMILES string of the molecule is CC(C)NC(=O)Nc1cn(-c2cccc(F)c2)cc1C(=O)N[C@H]1CCCNC1. The first kappa shape index (κ1) is 19.9. The molecular formula is C20H26FN5O2. The first-order valence-corrected chi connectivity index (χ1v) is 9.49. The highest BCUT2D eigenvalue weighted by Gasteiger charge is 2.21.